The first-order chi connectivity index (χ1) is 10.3. The van der Waals surface area contributed by atoms with Gasteiger partial charge < -0.3 is 15.0 Å². The van der Waals surface area contributed by atoms with Gasteiger partial charge in [-0.2, -0.15) is 0 Å². The molecule has 1 heterocycles. The molecule has 22 heavy (non-hydrogen) atoms. The predicted octanol–water partition coefficient (Wildman–Crippen LogP) is 4.49. The molecule has 5 heteroatoms. The maximum Gasteiger partial charge on any atom is 0.410 e. The number of hydrogen-bond donors (Lipinski definition) is 1. The minimum Gasteiger partial charge on any atom is -0.444 e. The van der Waals surface area contributed by atoms with Crippen LogP contribution in [0.1, 0.15) is 40.0 Å². The fourth-order valence-electron chi connectivity index (χ4n) is 2.56. The fraction of sp³-hybridized carbons (Fsp3) is 0.588. The highest BCUT2D eigenvalue weighted by Crippen LogP contribution is 2.20. The van der Waals surface area contributed by atoms with E-state index >= 15 is 0 Å². The lowest BCUT2D eigenvalue weighted by Gasteiger charge is -2.26. The first-order valence-electron chi connectivity index (χ1n) is 7.83. The summed E-state index contributed by atoms with van der Waals surface area (Å²) in [5.74, 6) is 0. The van der Waals surface area contributed by atoms with E-state index in [1.807, 2.05) is 25.7 Å². The molecule has 1 unspecified atom stereocenters. The predicted molar refractivity (Wildman–Crippen MR) is 98.2 cm³/mol. The monoisotopic (exact) mass is 416 g/mol. The van der Waals surface area contributed by atoms with Crippen molar-refractivity contribution in [3.8, 4) is 0 Å². The molecule has 0 aliphatic carbocycles. The number of rotatable bonds is 2. The second kappa shape index (κ2) is 7.53. The highest BCUT2D eigenvalue weighted by Gasteiger charge is 2.25. The Morgan fingerprint density at radius 3 is 2.77 bits per heavy atom. The summed E-state index contributed by atoms with van der Waals surface area (Å²) in [6.07, 6.45) is 2.83. The van der Waals surface area contributed by atoms with Gasteiger partial charge in [0.1, 0.15) is 5.60 Å². The number of halogens is 1. The van der Waals surface area contributed by atoms with Gasteiger partial charge >= 0.3 is 6.09 Å². The van der Waals surface area contributed by atoms with E-state index in [1.54, 1.807) is 0 Å². The molecule has 1 aliphatic rings. The number of nitrogens with zero attached hydrogens (tertiary/aromatic N) is 1. The highest BCUT2D eigenvalue weighted by atomic mass is 127. The number of nitrogens with one attached hydrogen (secondary N) is 1. The maximum absolute atomic E-state index is 12.2. The van der Waals surface area contributed by atoms with Gasteiger partial charge in [-0.1, -0.05) is 6.07 Å². The van der Waals surface area contributed by atoms with Crippen LogP contribution in [0, 0.1) is 3.57 Å². The molecule has 0 aromatic heterocycles. The summed E-state index contributed by atoms with van der Waals surface area (Å²) in [5, 5.41) is 3.59. The molecule has 122 valence electrons. The molecule has 1 amide bonds. The first kappa shape index (κ1) is 17.4. The molecule has 1 saturated heterocycles. The molecular weight excluding hydrogens is 391 g/mol. The van der Waals surface area contributed by atoms with Gasteiger partial charge in [0.15, 0.2) is 0 Å². The molecule has 0 spiro atoms. The van der Waals surface area contributed by atoms with Crippen LogP contribution >= 0.6 is 22.6 Å². The Morgan fingerprint density at radius 1 is 1.32 bits per heavy atom. The SMILES string of the molecule is CC(C)(C)OC(=O)N1CCCC(Nc2cccc(I)c2)CC1. The molecule has 0 radical (unpaired) electrons. The zero-order valence-electron chi connectivity index (χ0n) is 13.6. The van der Waals surface area contributed by atoms with Gasteiger partial charge in [0, 0.05) is 28.4 Å². The second-order valence-corrected chi connectivity index (χ2v) is 8.00. The number of ether oxygens (including phenoxy) is 1. The Kier molecular flexibility index (Phi) is 5.94. The van der Waals surface area contributed by atoms with Crippen molar-refractivity contribution in [1.29, 1.82) is 0 Å². The summed E-state index contributed by atoms with van der Waals surface area (Å²) < 4.78 is 6.70. The maximum atomic E-state index is 12.2. The highest BCUT2D eigenvalue weighted by molar-refractivity contribution is 14.1. The third-order valence-electron chi connectivity index (χ3n) is 3.58. The van der Waals surface area contributed by atoms with Crippen molar-refractivity contribution in [3.05, 3.63) is 27.8 Å². The van der Waals surface area contributed by atoms with Crippen LogP contribution in [0.15, 0.2) is 24.3 Å². The number of hydrogen-bond acceptors (Lipinski definition) is 3. The summed E-state index contributed by atoms with van der Waals surface area (Å²) >= 11 is 2.32. The third-order valence-corrected chi connectivity index (χ3v) is 4.25. The van der Waals surface area contributed by atoms with Gasteiger partial charge in [0.2, 0.25) is 0 Å². The average Bonchev–Trinajstić information content (AvgIpc) is 2.62. The van der Waals surface area contributed by atoms with E-state index in [0.717, 1.165) is 38.0 Å². The molecule has 1 fully saturated rings. The molecule has 1 atom stereocenters. The third kappa shape index (κ3) is 5.66. The number of amides is 1. The first-order valence-corrected chi connectivity index (χ1v) is 8.91. The average molecular weight is 416 g/mol. The molecule has 1 aromatic rings. The lowest BCUT2D eigenvalue weighted by Crippen LogP contribution is -2.37. The topological polar surface area (TPSA) is 41.6 Å². The summed E-state index contributed by atoms with van der Waals surface area (Å²) in [7, 11) is 0. The Morgan fingerprint density at radius 2 is 2.09 bits per heavy atom. The van der Waals surface area contributed by atoms with E-state index in [0.29, 0.717) is 6.04 Å². The lowest BCUT2D eigenvalue weighted by molar-refractivity contribution is 0.0256. The minimum absolute atomic E-state index is 0.192. The number of anilines is 1. The van der Waals surface area contributed by atoms with Crippen molar-refractivity contribution in [2.45, 2.75) is 51.7 Å². The van der Waals surface area contributed by atoms with Crippen LogP contribution in [0.3, 0.4) is 0 Å². The molecule has 1 aromatic carbocycles. The zero-order chi connectivity index (χ0) is 16.2. The summed E-state index contributed by atoms with van der Waals surface area (Å²) in [5.41, 5.74) is 0.726. The van der Waals surface area contributed by atoms with Crippen LogP contribution < -0.4 is 5.32 Å². The van der Waals surface area contributed by atoms with E-state index < -0.39 is 5.60 Å². The molecule has 0 bridgehead atoms. The van der Waals surface area contributed by atoms with Gasteiger partial charge in [0.25, 0.3) is 0 Å². The smallest absolute Gasteiger partial charge is 0.410 e. The van der Waals surface area contributed by atoms with Gasteiger partial charge in [-0.15, -0.1) is 0 Å². The van der Waals surface area contributed by atoms with Gasteiger partial charge in [-0.05, 0) is 80.8 Å². The summed E-state index contributed by atoms with van der Waals surface area (Å²) in [4.78, 5) is 14.0. The summed E-state index contributed by atoms with van der Waals surface area (Å²) in [6, 6.07) is 8.80. The van der Waals surface area contributed by atoms with Gasteiger partial charge in [-0.3, -0.25) is 0 Å². The van der Waals surface area contributed by atoms with E-state index in [-0.39, 0.29) is 6.09 Å². The van der Waals surface area contributed by atoms with Crippen LogP contribution in [0.4, 0.5) is 10.5 Å². The van der Waals surface area contributed by atoms with Crippen LogP contribution in [0.2, 0.25) is 0 Å². The number of likely N-dealkylation sites (tertiary alicyclic amines) is 1. The molecule has 0 saturated carbocycles. The number of carbonyl (C=O) groups is 1. The Labute approximate surface area is 146 Å². The van der Waals surface area contributed by atoms with Gasteiger partial charge in [-0.25, -0.2) is 4.79 Å². The van der Waals surface area contributed by atoms with Crippen LogP contribution in [-0.2, 0) is 4.74 Å². The van der Waals surface area contributed by atoms with Crippen LogP contribution in [-0.4, -0.2) is 35.7 Å². The normalized spacial score (nSPS) is 19.5. The standard InChI is InChI=1S/C17H25IN2O2/c1-17(2,3)22-16(21)20-10-5-8-14(9-11-20)19-15-7-4-6-13(18)12-15/h4,6-7,12,14,19H,5,8-11H2,1-3H3. The molecule has 2 rings (SSSR count). The molecule has 4 nitrogen and oxygen atoms in total. The summed E-state index contributed by atoms with van der Waals surface area (Å²) in [6.45, 7) is 7.24. The minimum atomic E-state index is -0.429. The van der Waals surface area contributed by atoms with Crippen molar-refractivity contribution in [2.24, 2.45) is 0 Å². The number of carbonyl (C=O) groups excluding carboxylic acids is 1. The van der Waals surface area contributed by atoms with E-state index in [4.69, 9.17) is 4.74 Å². The van der Waals surface area contributed by atoms with Crippen molar-refractivity contribution in [1.82, 2.24) is 4.90 Å². The molecule has 1 aliphatic heterocycles. The van der Waals surface area contributed by atoms with Crippen molar-refractivity contribution in [2.75, 3.05) is 18.4 Å². The molecular formula is C17H25IN2O2. The van der Waals surface area contributed by atoms with Crippen LogP contribution in [0.25, 0.3) is 0 Å². The largest absolute Gasteiger partial charge is 0.444 e. The van der Waals surface area contributed by atoms with E-state index in [9.17, 15) is 4.79 Å². The van der Waals surface area contributed by atoms with Gasteiger partial charge in [0.05, 0.1) is 0 Å². The zero-order valence-corrected chi connectivity index (χ0v) is 15.7. The number of benzene rings is 1. The second-order valence-electron chi connectivity index (χ2n) is 6.75. The van der Waals surface area contributed by atoms with Crippen molar-refractivity contribution < 1.29 is 9.53 Å². The quantitative estimate of drug-likeness (QED) is 0.723. The Balaban J connectivity index is 1.88. The van der Waals surface area contributed by atoms with Crippen LogP contribution in [0.5, 0.6) is 0 Å². The van der Waals surface area contributed by atoms with E-state index in [2.05, 4.69) is 52.2 Å². The van der Waals surface area contributed by atoms with Crippen molar-refractivity contribution >= 4 is 34.4 Å². The Hall–Kier alpha value is -0.980. The molecule has 1 N–H and O–H groups in total. The fourth-order valence-corrected chi connectivity index (χ4v) is 3.11. The lowest BCUT2D eigenvalue weighted by atomic mass is 10.1. The van der Waals surface area contributed by atoms with E-state index in [1.165, 1.54) is 3.57 Å². The van der Waals surface area contributed by atoms with Crippen molar-refractivity contribution in [3.63, 3.8) is 0 Å². The Bertz CT molecular complexity index is 514.